The number of aliphatic hydroxyl groups excluding tert-OH is 2. The van der Waals surface area contributed by atoms with E-state index in [4.69, 9.17) is 16.6 Å². The van der Waals surface area contributed by atoms with Gasteiger partial charge in [-0.05, 0) is 56.8 Å². The van der Waals surface area contributed by atoms with Crippen LogP contribution in [0.25, 0.3) is 0 Å². The molecule has 2 aromatic rings. The van der Waals surface area contributed by atoms with Crippen molar-refractivity contribution in [2.75, 3.05) is 25.9 Å². The highest BCUT2D eigenvalue weighted by Gasteiger charge is 2.17. The molecule has 6 N–H and O–H groups in total. The number of aliphatic hydroxyl groups is 2. The average Bonchev–Trinajstić information content (AvgIpc) is 3.47. The van der Waals surface area contributed by atoms with Gasteiger partial charge in [0.2, 0.25) is 0 Å². The van der Waals surface area contributed by atoms with Crippen LogP contribution in [0.3, 0.4) is 0 Å². The van der Waals surface area contributed by atoms with E-state index in [1.807, 2.05) is 68.6 Å². The summed E-state index contributed by atoms with van der Waals surface area (Å²) >= 11 is 0. The molecular weight excluding hydrogens is 374 g/mol. The third-order valence-electron chi connectivity index (χ3n) is 4.61. The van der Waals surface area contributed by atoms with Crippen LogP contribution in [-0.4, -0.2) is 53.5 Å². The van der Waals surface area contributed by atoms with Gasteiger partial charge in [-0.25, -0.2) is 0 Å². The molecule has 1 aliphatic rings. The molecule has 3 rings (SSSR count). The molecule has 0 radical (unpaired) electrons. The lowest BCUT2D eigenvalue weighted by atomic mass is 10.0. The second-order valence-corrected chi connectivity index (χ2v) is 8.68. The highest BCUT2D eigenvalue weighted by molar-refractivity contribution is 5.38. The smallest absolute Gasteiger partial charge is 0.0820 e. The molecule has 0 amide bonds. The molecule has 5 nitrogen and oxygen atoms in total. The predicted molar refractivity (Wildman–Crippen MR) is 127 cm³/mol. The summed E-state index contributed by atoms with van der Waals surface area (Å²) in [4.78, 5) is 2.14. The van der Waals surface area contributed by atoms with Crippen LogP contribution >= 0.6 is 0 Å². The summed E-state index contributed by atoms with van der Waals surface area (Å²) in [5.41, 5.74) is 14.7. The molecule has 0 bridgehead atoms. The van der Waals surface area contributed by atoms with Crippen molar-refractivity contribution in [3.8, 4) is 0 Å². The van der Waals surface area contributed by atoms with Gasteiger partial charge < -0.3 is 26.6 Å². The molecular formula is C25H41N3O2. The number of nitrogens with two attached hydrogens (primary N) is 2. The van der Waals surface area contributed by atoms with E-state index in [1.165, 1.54) is 11.1 Å². The standard InChI is InChI=1S/C15H26N2O.C7H9N.C3H6O/c1-12(2)10-17(3)11-15(18)14(16)9-13-7-5-4-6-8-13;1-6-2-4-7(8)5-3-6;4-3-1-2-3/h4-8,12,14-15,18H,9-11,16H2,1-3H3;2-5H,8H2,1H3;3-4H,1-2H2. The van der Waals surface area contributed by atoms with Crippen LogP contribution in [0.4, 0.5) is 5.69 Å². The summed E-state index contributed by atoms with van der Waals surface area (Å²) in [6.07, 6.45) is 2.41. The van der Waals surface area contributed by atoms with Gasteiger partial charge in [0.25, 0.3) is 0 Å². The van der Waals surface area contributed by atoms with Gasteiger partial charge in [-0.2, -0.15) is 0 Å². The zero-order chi connectivity index (χ0) is 22.5. The summed E-state index contributed by atoms with van der Waals surface area (Å²) in [5.74, 6) is 0.604. The average molecular weight is 416 g/mol. The van der Waals surface area contributed by atoms with Crippen LogP contribution in [0.5, 0.6) is 0 Å². The normalized spacial score (nSPS) is 15.0. The predicted octanol–water partition coefficient (Wildman–Crippen LogP) is 3.22. The van der Waals surface area contributed by atoms with E-state index in [1.54, 1.807) is 0 Å². The fraction of sp³-hybridized carbons (Fsp3) is 0.520. The van der Waals surface area contributed by atoms with Crippen LogP contribution < -0.4 is 11.5 Å². The van der Waals surface area contributed by atoms with Crippen molar-refractivity contribution in [3.05, 3.63) is 65.7 Å². The molecule has 0 heterocycles. The Hall–Kier alpha value is -1.92. The third kappa shape index (κ3) is 13.3. The van der Waals surface area contributed by atoms with Gasteiger partial charge in [-0.1, -0.05) is 61.9 Å². The highest BCUT2D eigenvalue weighted by Crippen LogP contribution is 2.17. The molecule has 0 aliphatic heterocycles. The van der Waals surface area contributed by atoms with Crippen molar-refractivity contribution in [1.29, 1.82) is 0 Å². The monoisotopic (exact) mass is 415 g/mol. The highest BCUT2D eigenvalue weighted by atomic mass is 16.3. The summed E-state index contributed by atoms with van der Waals surface area (Å²) in [5, 5.41) is 18.3. The zero-order valence-electron chi connectivity index (χ0n) is 19.0. The first-order valence-corrected chi connectivity index (χ1v) is 10.8. The maximum Gasteiger partial charge on any atom is 0.0820 e. The van der Waals surface area contributed by atoms with Crippen LogP contribution in [0.1, 0.15) is 37.8 Å². The summed E-state index contributed by atoms with van der Waals surface area (Å²) < 4.78 is 0. The third-order valence-corrected chi connectivity index (χ3v) is 4.61. The fourth-order valence-electron chi connectivity index (χ4n) is 2.82. The van der Waals surface area contributed by atoms with Gasteiger partial charge in [0, 0.05) is 24.8 Å². The number of anilines is 1. The van der Waals surface area contributed by atoms with Crippen molar-refractivity contribution in [1.82, 2.24) is 4.90 Å². The Kier molecular flexibility index (Phi) is 12.3. The molecule has 0 aromatic heterocycles. The largest absolute Gasteiger partial charge is 0.399 e. The van der Waals surface area contributed by atoms with E-state index in [0.29, 0.717) is 12.5 Å². The number of nitrogen functional groups attached to an aromatic ring is 1. The van der Waals surface area contributed by atoms with E-state index < -0.39 is 6.10 Å². The number of hydrogen-bond donors (Lipinski definition) is 4. The lowest BCUT2D eigenvalue weighted by Crippen LogP contribution is -2.44. The fourth-order valence-corrected chi connectivity index (χ4v) is 2.82. The van der Waals surface area contributed by atoms with Crippen molar-refractivity contribution in [2.24, 2.45) is 11.7 Å². The minimum Gasteiger partial charge on any atom is -0.399 e. The van der Waals surface area contributed by atoms with Gasteiger partial charge in [0.1, 0.15) is 0 Å². The van der Waals surface area contributed by atoms with Crippen LogP contribution in [0.15, 0.2) is 54.6 Å². The molecule has 0 saturated heterocycles. The summed E-state index contributed by atoms with van der Waals surface area (Å²) in [6.45, 7) is 8.00. The van der Waals surface area contributed by atoms with E-state index in [0.717, 1.165) is 31.5 Å². The second-order valence-electron chi connectivity index (χ2n) is 8.68. The van der Waals surface area contributed by atoms with Gasteiger partial charge in [0.05, 0.1) is 12.2 Å². The number of aryl methyl sites for hydroxylation is 1. The Labute approximate surface area is 182 Å². The first-order chi connectivity index (χ1) is 14.2. The van der Waals surface area contributed by atoms with Gasteiger partial charge >= 0.3 is 0 Å². The Morgan fingerprint density at radius 3 is 1.97 bits per heavy atom. The van der Waals surface area contributed by atoms with Crippen molar-refractivity contribution >= 4 is 5.69 Å². The van der Waals surface area contributed by atoms with E-state index >= 15 is 0 Å². The molecule has 2 aromatic carbocycles. The van der Waals surface area contributed by atoms with Gasteiger partial charge in [-0.3, -0.25) is 0 Å². The number of likely N-dealkylation sites (N-methyl/N-ethyl adjacent to an activating group) is 1. The second kappa shape index (κ2) is 14.1. The van der Waals surface area contributed by atoms with Crippen molar-refractivity contribution < 1.29 is 10.2 Å². The minimum absolute atomic E-state index is 0.0833. The molecule has 1 fully saturated rings. The molecule has 168 valence electrons. The molecule has 5 heteroatoms. The maximum absolute atomic E-state index is 10.1. The number of nitrogens with zero attached hydrogens (tertiary/aromatic N) is 1. The van der Waals surface area contributed by atoms with Crippen LogP contribution in [-0.2, 0) is 6.42 Å². The molecule has 30 heavy (non-hydrogen) atoms. The van der Waals surface area contributed by atoms with Gasteiger partial charge in [-0.15, -0.1) is 0 Å². The zero-order valence-corrected chi connectivity index (χ0v) is 19.0. The Balaban J connectivity index is 0.000000303. The summed E-state index contributed by atoms with van der Waals surface area (Å²) in [7, 11) is 2.03. The van der Waals surface area contributed by atoms with Crippen molar-refractivity contribution in [3.63, 3.8) is 0 Å². The molecule has 2 unspecified atom stereocenters. The van der Waals surface area contributed by atoms with Crippen LogP contribution in [0.2, 0.25) is 0 Å². The lowest BCUT2D eigenvalue weighted by Gasteiger charge is -2.25. The first-order valence-electron chi connectivity index (χ1n) is 10.8. The Morgan fingerprint density at radius 2 is 1.53 bits per heavy atom. The summed E-state index contributed by atoms with van der Waals surface area (Å²) in [6, 6.07) is 17.7. The Morgan fingerprint density at radius 1 is 1.00 bits per heavy atom. The molecule has 0 spiro atoms. The number of hydrogen-bond acceptors (Lipinski definition) is 5. The molecule has 1 aliphatic carbocycles. The minimum atomic E-state index is -0.478. The maximum atomic E-state index is 10.1. The van der Waals surface area contributed by atoms with E-state index in [-0.39, 0.29) is 12.1 Å². The number of benzene rings is 2. The quantitative estimate of drug-likeness (QED) is 0.521. The molecule has 1 saturated carbocycles. The molecule has 2 atom stereocenters. The first kappa shape index (κ1) is 26.1. The van der Waals surface area contributed by atoms with Crippen LogP contribution in [0, 0.1) is 12.8 Å². The number of rotatable bonds is 7. The van der Waals surface area contributed by atoms with Gasteiger partial charge in [0.15, 0.2) is 0 Å². The lowest BCUT2D eigenvalue weighted by molar-refractivity contribution is 0.0973. The van der Waals surface area contributed by atoms with E-state index in [9.17, 15) is 5.11 Å². The Bertz CT molecular complexity index is 652. The van der Waals surface area contributed by atoms with Crippen molar-refractivity contribution in [2.45, 2.75) is 58.3 Å². The SMILES string of the molecule is CC(C)CN(C)CC(O)C(N)Cc1ccccc1.Cc1ccc(N)cc1.OC1CC1. The topological polar surface area (TPSA) is 95.7 Å². The van der Waals surface area contributed by atoms with E-state index in [2.05, 4.69) is 18.7 Å².